The van der Waals surface area contributed by atoms with Crippen molar-refractivity contribution in [3.8, 4) is 0 Å². The summed E-state index contributed by atoms with van der Waals surface area (Å²) in [6.45, 7) is 1.34. The second-order valence-corrected chi connectivity index (χ2v) is 5.32. The molecule has 2 rings (SSSR count). The summed E-state index contributed by atoms with van der Waals surface area (Å²) in [5, 5.41) is 10.7. The molecule has 1 fully saturated rings. The van der Waals surface area contributed by atoms with Crippen molar-refractivity contribution < 1.29 is 9.72 Å². The minimum absolute atomic E-state index is 0.0667. The SMILES string of the molecule is Cn1c(C(=O)N2CCC(Br)C2)ccc1[N+](=O)[O-]. The van der Waals surface area contributed by atoms with Gasteiger partial charge < -0.3 is 15.0 Å². The first-order valence-corrected chi connectivity index (χ1v) is 6.15. The standard InChI is InChI=1S/C10H12BrN3O3/c1-12-8(2-3-9(12)14(16)17)10(15)13-5-4-7(11)6-13/h2-3,7H,4-6H2,1H3. The third-order valence-electron chi connectivity index (χ3n) is 2.92. The van der Waals surface area contributed by atoms with Crippen molar-refractivity contribution in [1.82, 2.24) is 9.47 Å². The normalized spacial score (nSPS) is 19.6. The van der Waals surface area contributed by atoms with Crippen molar-refractivity contribution in [3.05, 3.63) is 27.9 Å². The molecule has 1 aromatic rings. The average Bonchev–Trinajstić information content (AvgIpc) is 2.83. The van der Waals surface area contributed by atoms with E-state index >= 15 is 0 Å². The summed E-state index contributed by atoms with van der Waals surface area (Å²) in [5.41, 5.74) is 0.360. The lowest BCUT2D eigenvalue weighted by Crippen LogP contribution is -2.30. The molecule has 0 N–H and O–H groups in total. The molecule has 6 nitrogen and oxygen atoms in total. The average molecular weight is 302 g/mol. The van der Waals surface area contributed by atoms with Gasteiger partial charge >= 0.3 is 5.82 Å². The van der Waals surface area contributed by atoms with Crippen LogP contribution >= 0.6 is 15.9 Å². The highest BCUT2D eigenvalue weighted by Crippen LogP contribution is 2.21. The van der Waals surface area contributed by atoms with Crippen LogP contribution in [0, 0.1) is 10.1 Å². The van der Waals surface area contributed by atoms with Crippen molar-refractivity contribution in [1.29, 1.82) is 0 Å². The smallest absolute Gasteiger partial charge is 0.323 e. The molecule has 2 heterocycles. The molecule has 0 aromatic carbocycles. The third-order valence-corrected chi connectivity index (χ3v) is 3.67. The van der Waals surface area contributed by atoms with Crippen LogP contribution in [-0.2, 0) is 7.05 Å². The van der Waals surface area contributed by atoms with Crippen molar-refractivity contribution in [2.24, 2.45) is 7.05 Å². The summed E-state index contributed by atoms with van der Waals surface area (Å²) in [7, 11) is 1.53. The number of nitrogens with zero attached hydrogens (tertiary/aromatic N) is 3. The number of nitro groups is 1. The summed E-state index contributed by atoms with van der Waals surface area (Å²) >= 11 is 3.46. The number of rotatable bonds is 2. The fourth-order valence-corrected chi connectivity index (χ4v) is 2.52. The molecule has 0 spiro atoms. The molecule has 1 atom stereocenters. The molecule has 0 radical (unpaired) electrons. The maximum atomic E-state index is 12.1. The van der Waals surface area contributed by atoms with Gasteiger partial charge in [-0.1, -0.05) is 15.9 Å². The maximum Gasteiger partial charge on any atom is 0.323 e. The van der Waals surface area contributed by atoms with Crippen molar-refractivity contribution in [2.45, 2.75) is 11.2 Å². The molecule has 1 aromatic heterocycles. The van der Waals surface area contributed by atoms with E-state index in [1.807, 2.05) is 0 Å². The van der Waals surface area contributed by atoms with Crippen molar-refractivity contribution >= 4 is 27.7 Å². The van der Waals surface area contributed by atoms with Crippen LogP contribution in [0.4, 0.5) is 5.82 Å². The van der Waals surface area contributed by atoms with Crippen LogP contribution < -0.4 is 0 Å². The first kappa shape index (κ1) is 12.1. The van der Waals surface area contributed by atoms with Gasteiger partial charge in [-0.2, -0.15) is 0 Å². The van der Waals surface area contributed by atoms with E-state index in [1.54, 1.807) is 4.90 Å². The number of hydrogen-bond acceptors (Lipinski definition) is 3. The molecule has 92 valence electrons. The second kappa shape index (κ2) is 4.48. The summed E-state index contributed by atoms with van der Waals surface area (Å²) in [6.07, 6.45) is 0.915. The van der Waals surface area contributed by atoms with Gasteiger partial charge in [-0.05, 0) is 17.4 Å². The van der Waals surface area contributed by atoms with E-state index in [1.165, 1.54) is 23.7 Å². The zero-order valence-electron chi connectivity index (χ0n) is 9.30. The zero-order chi connectivity index (χ0) is 12.6. The maximum absolute atomic E-state index is 12.1. The van der Waals surface area contributed by atoms with Gasteiger partial charge in [0, 0.05) is 24.0 Å². The van der Waals surface area contributed by atoms with Gasteiger partial charge in [0.15, 0.2) is 5.69 Å². The Bertz CT molecular complexity index is 471. The highest BCUT2D eigenvalue weighted by Gasteiger charge is 2.29. The number of halogens is 1. The number of hydrogen-bond donors (Lipinski definition) is 0. The molecule has 1 unspecified atom stereocenters. The summed E-state index contributed by atoms with van der Waals surface area (Å²) in [4.78, 5) is 24.3. The molecule has 0 saturated carbocycles. The van der Waals surface area contributed by atoms with Gasteiger partial charge in [0.1, 0.15) is 0 Å². The number of aromatic nitrogens is 1. The van der Waals surface area contributed by atoms with Gasteiger partial charge in [-0.3, -0.25) is 4.79 Å². The van der Waals surface area contributed by atoms with Crippen LogP contribution in [-0.4, -0.2) is 38.2 Å². The van der Waals surface area contributed by atoms with Gasteiger partial charge in [-0.25, -0.2) is 4.57 Å². The lowest BCUT2D eigenvalue weighted by atomic mass is 10.4. The van der Waals surface area contributed by atoms with Crippen LogP contribution in [0.1, 0.15) is 16.9 Å². The van der Waals surface area contributed by atoms with Gasteiger partial charge in [-0.15, -0.1) is 0 Å². The lowest BCUT2D eigenvalue weighted by molar-refractivity contribution is -0.391. The predicted octanol–water partition coefficient (Wildman–Crippen LogP) is 1.54. The Morgan fingerprint density at radius 1 is 1.59 bits per heavy atom. The topological polar surface area (TPSA) is 68.4 Å². The zero-order valence-corrected chi connectivity index (χ0v) is 10.9. The number of amides is 1. The summed E-state index contributed by atoms with van der Waals surface area (Å²) in [6, 6.07) is 2.86. The molecule has 0 aliphatic carbocycles. The Labute approximate surface area is 106 Å². The van der Waals surface area contributed by atoms with Crippen molar-refractivity contribution in [3.63, 3.8) is 0 Å². The van der Waals surface area contributed by atoms with E-state index in [-0.39, 0.29) is 11.7 Å². The van der Waals surface area contributed by atoms with E-state index in [2.05, 4.69) is 15.9 Å². The first-order chi connectivity index (χ1) is 8.00. The molecule has 17 heavy (non-hydrogen) atoms. The van der Waals surface area contributed by atoms with E-state index in [0.29, 0.717) is 23.6 Å². The fourth-order valence-electron chi connectivity index (χ4n) is 1.96. The summed E-state index contributed by atoms with van der Waals surface area (Å²) in [5.74, 6) is -0.217. The number of likely N-dealkylation sites (tertiary alicyclic amines) is 1. The number of alkyl halides is 1. The lowest BCUT2D eigenvalue weighted by Gasteiger charge is -2.13. The van der Waals surface area contributed by atoms with Gasteiger partial charge in [0.05, 0.1) is 7.05 Å². The van der Waals surface area contributed by atoms with E-state index in [4.69, 9.17) is 0 Å². The number of carbonyl (C=O) groups is 1. The molecule has 1 aliphatic heterocycles. The Balaban J connectivity index is 2.23. The molecule has 1 saturated heterocycles. The Kier molecular flexibility index (Phi) is 3.19. The Morgan fingerprint density at radius 2 is 2.29 bits per heavy atom. The highest BCUT2D eigenvalue weighted by atomic mass is 79.9. The molecule has 1 amide bonds. The first-order valence-electron chi connectivity index (χ1n) is 5.24. The second-order valence-electron chi connectivity index (χ2n) is 4.03. The van der Waals surface area contributed by atoms with Crippen LogP contribution in [0.3, 0.4) is 0 Å². The van der Waals surface area contributed by atoms with Crippen LogP contribution in [0.25, 0.3) is 0 Å². The molecule has 0 bridgehead atoms. The van der Waals surface area contributed by atoms with Crippen LogP contribution in [0.2, 0.25) is 0 Å². The largest absolute Gasteiger partial charge is 0.358 e. The van der Waals surface area contributed by atoms with Crippen LogP contribution in [0.5, 0.6) is 0 Å². The third kappa shape index (κ3) is 2.19. The number of carbonyl (C=O) groups excluding carboxylic acids is 1. The molecule has 7 heteroatoms. The highest BCUT2D eigenvalue weighted by molar-refractivity contribution is 9.09. The summed E-state index contributed by atoms with van der Waals surface area (Å²) < 4.78 is 1.32. The van der Waals surface area contributed by atoms with E-state index < -0.39 is 4.92 Å². The molecule has 1 aliphatic rings. The Morgan fingerprint density at radius 3 is 2.76 bits per heavy atom. The monoisotopic (exact) mass is 301 g/mol. The van der Waals surface area contributed by atoms with Gasteiger partial charge in [0.25, 0.3) is 5.91 Å². The fraction of sp³-hybridized carbons (Fsp3) is 0.500. The molecular formula is C10H12BrN3O3. The minimum Gasteiger partial charge on any atom is -0.358 e. The van der Waals surface area contributed by atoms with Crippen LogP contribution in [0.15, 0.2) is 12.1 Å². The predicted molar refractivity (Wildman–Crippen MR) is 65.3 cm³/mol. The van der Waals surface area contributed by atoms with E-state index in [0.717, 1.165) is 6.42 Å². The molecular weight excluding hydrogens is 290 g/mol. The quantitative estimate of drug-likeness (QED) is 0.473. The van der Waals surface area contributed by atoms with E-state index in [9.17, 15) is 14.9 Å². The van der Waals surface area contributed by atoms with Crippen molar-refractivity contribution in [2.75, 3.05) is 13.1 Å². The van der Waals surface area contributed by atoms with Gasteiger partial charge in [0.2, 0.25) is 0 Å². The minimum atomic E-state index is -0.492. The Hall–Kier alpha value is -1.37.